The summed E-state index contributed by atoms with van der Waals surface area (Å²) >= 11 is 0. The molecule has 0 spiro atoms. The Labute approximate surface area is 105 Å². The van der Waals surface area contributed by atoms with Crippen molar-refractivity contribution in [3.63, 3.8) is 0 Å². The van der Waals surface area contributed by atoms with E-state index in [0.717, 1.165) is 12.0 Å². The Morgan fingerprint density at radius 3 is 2.44 bits per heavy atom. The lowest BCUT2D eigenvalue weighted by Gasteiger charge is -2.02. The third-order valence-corrected chi connectivity index (χ3v) is 3.42. The number of fused-ring (bicyclic) bond motifs is 3. The topological polar surface area (TPSA) is 40.9 Å². The number of nitriles is 1. The fraction of sp³-hybridized carbons (Fsp3) is 0.125. The molecular weight excluding hydrogens is 222 g/mol. The first kappa shape index (κ1) is 10.7. The van der Waals surface area contributed by atoms with Crippen molar-refractivity contribution in [1.82, 2.24) is 0 Å². The van der Waals surface area contributed by atoms with Crippen LogP contribution in [0.4, 0.5) is 0 Å². The molecule has 1 aliphatic carbocycles. The highest BCUT2D eigenvalue weighted by molar-refractivity contribution is 5.95. The smallest absolute Gasteiger partial charge is 0.159 e. The van der Waals surface area contributed by atoms with Crippen LogP contribution in [0.2, 0.25) is 0 Å². The number of benzene rings is 2. The standard InChI is InChI=1S/C16H11NO/c1-10(18)12-3-5-16-14(7-12)8-13-6-11(9-17)2-4-15(13)16/h2-7H,8H2,1H3. The summed E-state index contributed by atoms with van der Waals surface area (Å²) < 4.78 is 0. The Bertz CT molecular complexity index is 708. The van der Waals surface area contributed by atoms with Crippen molar-refractivity contribution < 1.29 is 4.79 Å². The van der Waals surface area contributed by atoms with Crippen LogP contribution in [0.1, 0.15) is 34.0 Å². The molecule has 3 rings (SSSR count). The van der Waals surface area contributed by atoms with Crippen LogP contribution in [0.3, 0.4) is 0 Å². The summed E-state index contributed by atoms with van der Waals surface area (Å²) in [5, 5.41) is 8.91. The molecule has 0 saturated heterocycles. The van der Waals surface area contributed by atoms with Crippen LogP contribution in [-0.2, 0) is 6.42 Å². The number of carbonyl (C=O) groups is 1. The van der Waals surface area contributed by atoms with Gasteiger partial charge in [-0.1, -0.05) is 18.2 Å². The van der Waals surface area contributed by atoms with Crippen molar-refractivity contribution in [3.05, 3.63) is 58.7 Å². The first-order valence-electron chi connectivity index (χ1n) is 5.86. The molecule has 2 heteroatoms. The highest BCUT2D eigenvalue weighted by Crippen LogP contribution is 2.37. The number of carbonyl (C=O) groups excluding carboxylic acids is 1. The SMILES string of the molecule is CC(=O)c1ccc2c(c1)Cc1cc(C#N)ccc1-2. The number of hydrogen-bond acceptors (Lipinski definition) is 2. The van der Waals surface area contributed by atoms with Crippen molar-refractivity contribution in [2.24, 2.45) is 0 Å². The average molecular weight is 233 g/mol. The minimum absolute atomic E-state index is 0.0893. The number of ketones is 1. The fourth-order valence-corrected chi connectivity index (χ4v) is 2.50. The summed E-state index contributed by atoms with van der Waals surface area (Å²) in [6.07, 6.45) is 0.807. The monoisotopic (exact) mass is 233 g/mol. The number of hydrogen-bond donors (Lipinski definition) is 0. The van der Waals surface area contributed by atoms with Crippen LogP contribution in [0.5, 0.6) is 0 Å². The molecule has 0 N–H and O–H groups in total. The molecule has 0 saturated carbocycles. The van der Waals surface area contributed by atoms with Crippen LogP contribution in [-0.4, -0.2) is 5.78 Å². The Morgan fingerprint density at radius 1 is 1.11 bits per heavy atom. The van der Waals surface area contributed by atoms with E-state index in [9.17, 15) is 4.79 Å². The van der Waals surface area contributed by atoms with Gasteiger partial charge in [-0.3, -0.25) is 4.79 Å². The molecule has 86 valence electrons. The summed E-state index contributed by atoms with van der Waals surface area (Å²) in [6.45, 7) is 1.58. The van der Waals surface area contributed by atoms with Gasteiger partial charge in [0, 0.05) is 5.56 Å². The van der Waals surface area contributed by atoms with E-state index < -0.39 is 0 Å². The van der Waals surface area contributed by atoms with Gasteiger partial charge in [0.05, 0.1) is 11.6 Å². The second-order valence-corrected chi connectivity index (χ2v) is 4.59. The molecular formula is C16H11NO. The van der Waals surface area contributed by atoms with Gasteiger partial charge in [0.15, 0.2) is 5.78 Å². The highest BCUT2D eigenvalue weighted by Gasteiger charge is 2.19. The molecule has 2 nitrogen and oxygen atoms in total. The predicted octanol–water partition coefficient (Wildman–Crippen LogP) is 3.33. The molecule has 0 radical (unpaired) electrons. The van der Waals surface area contributed by atoms with Crippen molar-refractivity contribution in [2.75, 3.05) is 0 Å². The van der Waals surface area contributed by atoms with Crippen LogP contribution >= 0.6 is 0 Å². The predicted molar refractivity (Wildman–Crippen MR) is 69.4 cm³/mol. The zero-order chi connectivity index (χ0) is 12.7. The van der Waals surface area contributed by atoms with Crippen molar-refractivity contribution in [2.45, 2.75) is 13.3 Å². The molecule has 18 heavy (non-hydrogen) atoms. The normalized spacial score (nSPS) is 11.6. The molecule has 0 heterocycles. The lowest BCUT2D eigenvalue weighted by molar-refractivity contribution is 0.101. The van der Waals surface area contributed by atoms with Gasteiger partial charge in [-0.05, 0) is 53.8 Å². The minimum Gasteiger partial charge on any atom is -0.295 e. The van der Waals surface area contributed by atoms with Crippen LogP contribution in [0.15, 0.2) is 36.4 Å². The van der Waals surface area contributed by atoms with Gasteiger partial charge in [-0.15, -0.1) is 0 Å². The van der Waals surface area contributed by atoms with Gasteiger partial charge in [-0.2, -0.15) is 5.26 Å². The first-order valence-corrected chi connectivity index (χ1v) is 5.86. The zero-order valence-electron chi connectivity index (χ0n) is 10.0. The van der Waals surface area contributed by atoms with E-state index in [0.29, 0.717) is 5.56 Å². The van der Waals surface area contributed by atoms with E-state index in [2.05, 4.69) is 6.07 Å². The largest absolute Gasteiger partial charge is 0.295 e. The van der Waals surface area contributed by atoms with Gasteiger partial charge in [0.2, 0.25) is 0 Å². The van der Waals surface area contributed by atoms with E-state index >= 15 is 0 Å². The lowest BCUT2D eigenvalue weighted by Crippen LogP contribution is -1.93. The fourth-order valence-electron chi connectivity index (χ4n) is 2.50. The number of Topliss-reactive ketones (excluding diaryl/α,β-unsaturated/α-hetero) is 1. The first-order chi connectivity index (χ1) is 8.69. The van der Waals surface area contributed by atoms with Crippen LogP contribution in [0.25, 0.3) is 11.1 Å². The minimum atomic E-state index is 0.0893. The summed E-state index contributed by atoms with van der Waals surface area (Å²) in [5.41, 5.74) is 6.14. The van der Waals surface area contributed by atoms with Crippen LogP contribution in [0, 0.1) is 11.3 Å². The van der Waals surface area contributed by atoms with Crippen molar-refractivity contribution >= 4 is 5.78 Å². The van der Waals surface area contributed by atoms with Gasteiger partial charge >= 0.3 is 0 Å². The van der Waals surface area contributed by atoms with E-state index in [1.54, 1.807) is 6.92 Å². The number of nitrogens with zero attached hydrogens (tertiary/aromatic N) is 1. The van der Waals surface area contributed by atoms with E-state index in [1.165, 1.54) is 22.3 Å². The zero-order valence-corrected chi connectivity index (χ0v) is 10.0. The molecule has 0 aliphatic heterocycles. The van der Waals surface area contributed by atoms with E-state index in [-0.39, 0.29) is 5.78 Å². The molecule has 0 unspecified atom stereocenters. The average Bonchev–Trinajstić information content (AvgIpc) is 2.74. The molecule has 0 bridgehead atoms. The summed E-state index contributed by atoms with van der Waals surface area (Å²) in [4.78, 5) is 11.4. The van der Waals surface area contributed by atoms with Crippen molar-refractivity contribution in [3.8, 4) is 17.2 Å². The third-order valence-electron chi connectivity index (χ3n) is 3.42. The van der Waals surface area contributed by atoms with Crippen molar-refractivity contribution in [1.29, 1.82) is 5.26 Å². The lowest BCUT2D eigenvalue weighted by atomic mass is 10.0. The Balaban J connectivity index is 2.14. The maximum Gasteiger partial charge on any atom is 0.159 e. The van der Waals surface area contributed by atoms with Gasteiger partial charge in [0.1, 0.15) is 0 Å². The van der Waals surface area contributed by atoms with Gasteiger partial charge in [0.25, 0.3) is 0 Å². The Morgan fingerprint density at radius 2 is 1.78 bits per heavy atom. The molecule has 2 aromatic carbocycles. The molecule has 2 aromatic rings. The second-order valence-electron chi connectivity index (χ2n) is 4.59. The Kier molecular flexibility index (Phi) is 2.28. The summed E-state index contributed by atoms with van der Waals surface area (Å²) in [6, 6.07) is 13.8. The summed E-state index contributed by atoms with van der Waals surface area (Å²) in [7, 11) is 0. The van der Waals surface area contributed by atoms with Gasteiger partial charge < -0.3 is 0 Å². The van der Waals surface area contributed by atoms with E-state index in [1.807, 2.05) is 36.4 Å². The second kappa shape index (κ2) is 3.82. The third kappa shape index (κ3) is 1.53. The molecule has 0 fully saturated rings. The molecule has 0 aromatic heterocycles. The molecule has 0 amide bonds. The van der Waals surface area contributed by atoms with E-state index in [4.69, 9.17) is 5.26 Å². The van der Waals surface area contributed by atoms with Crippen LogP contribution < -0.4 is 0 Å². The highest BCUT2D eigenvalue weighted by atomic mass is 16.1. The Hall–Kier alpha value is -2.40. The number of rotatable bonds is 1. The summed E-state index contributed by atoms with van der Waals surface area (Å²) in [5.74, 6) is 0.0893. The molecule has 0 atom stereocenters. The maximum absolute atomic E-state index is 11.4. The quantitative estimate of drug-likeness (QED) is 0.605. The maximum atomic E-state index is 11.4. The molecule has 1 aliphatic rings. The van der Waals surface area contributed by atoms with Gasteiger partial charge in [-0.25, -0.2) is 0 Å².